The van der Waals surface area contributed by atoms with Crippen LogP contribution in [-0.4, -0.2) is 30.5 Å². The summed E-state index contributed by atoms with van der Waals surface area (Å²) < 4.78 is 11.8. The Labute approximate surface area is 213 Å². The van der Waals surface area contributed by atoms with Crippen LogP contribution in [0.15, 0.2) is 89.6 Å². The molecule has 36 heavy (non-hydrogen) atoms. The number of carbonyl (C=O) groups excluding carboxylic acids is 1. The molecule has 4 nitrogen and oxygen atoms in total. The van der Waals surface area contributed by atoms with Crippen LogP contribution in [0.2, 0.25) is 0 Å². The highest BCUT2D eigenvalue weighted by molar-refractivity contribution is 6.00. The van der Waals surface area contributed by atoms with Crippen LogP contribution in [0.25, 0.3) is 27.7 Å². The second-order valence-corrected chi connectivity index (χ2v) is 9.58. The molecule has 0 radical (unpaired) electrons. The molecule has 1 aliphatic heterocycles. The summed E-state index contributed by atoms with van der Waals surface area (Å²) in [6.45, 7) is 6.11. The second-order valence-electron chi connectivity index (χ2n) is 9.58. The lowest BCUT2D eigenvalue weighted by molar-refractivity contribution is -0.127. The summed E-state index contributed by atoms with van der Waals surface area (Å²) in [5, 5.41) is 1.02. The third kappa shape index (κ3) is 5.23. The lowest BCUT2D eigenvalue weighted by Gasteiger charge is -2.31. The molecule has 4 aromatic rings. The molecule has 1 amide bonds. The number of likely N-dealkylation sites (tertiary alicyclic amines) is 1. The highest BCUT2D eigenvalue weighted by Gasteiger charge is 2.23. The van der Waals surface area contributed by atoms with Crippen molar-refractivity contribution in [3.63, 3.8) is 0 Å². The lowest BCUT2D eigenvalue weighted by atomic mass is 9.90. The molecule has 0 bridgehead atoms. The van der Waals surface area contributed by atoms with E-state index in [1.165, 1.54) is 5.56 Å². The van der Waals surface area contributed by atoms with Gasteiger partial charge in [0.05, 0.1) is 12.9 Å². The molecule has 1 saturated heterocycles. The average Bonchev–Trinajstić information content (AvgIpc) is 3.33. The highest BCUT2D eigenvalue weighted by Crippen LogP contribution is 2.37. The van der Waals surface area contributed by atoms with Gasteiger partial charge in [0.25, 0.3) is 0 Å². The van der Waals surface area contributed by atoms with Gasteiger partial charge in [-0.05, 0) is 61.8 Å². The number of carbonyl (C=O) groups is 1. The van der Waals surface area contributed by atoms with Crippen molar-refractivity contribution < 1.29 is 13.9 Å². The van der Waals surface area contributed by atoms with E-state index in [4.69, 9.17) is 9.15 Å². The van der Waals surface area contributed by atoms with E-state index in [0.717, 1.165) is 71.3 Å². The van der Waals surface area contributed by atoms with E-state index in [0.29, 0.717) is 12.5 Å². The molecule has 2 heterocycles. The summed E-state index contributed by atoms with van der Waals surface area (Å²) in [4.78, 5) is 15.2. The number of ether oxygens (including phenoxy) is 1. The first-order valence-corrected chi connectivity index (χ1v) is 12.9. The van der Waals surface area contributed by atoms with Gasteiger partial charge in [0.2, 0.25) is 5.91 Å². The van der Waals surface area contributed by atoms with Crippen molar-refractivity contribution in [2.45, 2.75) is 33.1 Å². The predicted molar refractivity (Wildman–Crippen MR) is 146 cm³/mol. The summed E-state index contributed by atoms with van der Waals surface area (Å²) in [6, 6.07) is 24.9. The van der Waals surface area contributed by atoms with Crippen molar-refractivity contribution in [2.75, 3.05) is 19.7 Å². The first kappa shape index (κ1) is 23.9. The minimum atomic E-state index is 0.0729. The van der Waals surface area contributed by atoms with E-state index in [-0.39, 0.29) is 5.91 Å². The Hall–Kier alpha value is -3.79. The van der Waals surface area contributed by atoms with Gasteiger partial charge in [-0.15, -0.1) is 0 Å². The number of amides is 1. The SMILES string of the molecule is CCOc1cc2occ(-c3ccccc3)c2cc1/C(C)=C/C(=O)N1CCC(Cc2ccccc2)CC1. The zero-order chi connectivity index (χ0) is 24.9. The maximum Gasteiger partial charge on any atom is 0.246 e. The zero-order valence-corrected chi connectivity index (χ0v) is 21.1. The first-order valence-electron chi connectivity index (χ1n) is 12.9. The Bertz CT molecular complexity index is 1350. The molecule has 1 fully saturated rings. The second kappa shape index (κ2) is 10.9. The van der Waals surface area contributed by atoms with Crippen LogP contribution in [0, 0.1) is 5.92 Å². The Morgan fingerprint density at radius 1 is 1.03 bits per heavy atom. The highest BCUT2D eigenvalue weighted by atomic mass is 16.5. The van der Waals surface area contributed by atoms with Gasteiger partial charge in [-0.1, -0.05) is 60.7 Å². The maximum atomic E-state index is 13.2. The van der Waals surface area contributed by atoms with Crippen LogP contribution in [-0.2, 0) is 11.2 Å². The minimum absolute atomic E-state index is 0.0729. The fraction of sp³-hybridized carbons (Fsp3) is 0.281. The number of fused-ring (bicyclic) bond motifs is 1. The van der Waals surface area contributed by atoms with Crippen LogP contribution in [0.5, 0.6) is 5.75 Å². The number of hydrogen-bond donors (Lipinski definition) is 0. The van der Waals surface area contributed by atoms with Crippen LogP contribution in [0.1, 0.15) is 37.8 Å². The summed E-state index contributed by atoms with van der Waals surface area (Å²) in [5.41, 5.74) is 6.12. The Morgan fingerprint density at radius 2 is 1.72 bits per heavy atom. The van der Waals surface area contributed by atoms with E-state index in [2.05, 4.69) is 48.5 Å². The molecule has 0 atom stereocenters. The molecule has 0 aliphatic carbocycles. The van der Waals surface area contributed by atoms with Gasteiger partial charge in [-0.3, -0.25) is 4.79 Å². The summed E-state index contributed by atoms with van der Waals surface area (Å²) in [7, 11) is 0. The third-order valence-electron chi connectivity index (χ3n) is 7.12. The molecule has 4 heteroatoms. The minimum Gasteiger partial charge on any atom is -0.493 e. The maximum absolute atomic E-state index is 13.2. The molecule has 0 N–H and O–H groups in total. The number of furan rings is 1. The van der Waals surface area contributed by atoms with Crippen LogP contribution in [0.3, 0.4) is 0 Å². The standard InChI is InChI=1S/C32H33NO3/c1-3-35-30-21-31-28(29(22-36-31)26-12-8-5-9-13-26)20-27(30)23(2)18-32(34)33-16-14-25(15-17-33)19-24-10-6-4-7-11-24/h4-13,18,20-22,25H,3,14-17,19H2,1-2H3/b23-18+. The van der Waals surface area contributed by atoms with Crippen LogP contribution in [0.4, 0.5) is 0 Å². The van der Waals surface area contributed by atoms with Crippen molar-refractivity contribution in [3.05, 3.63) is 96.3 Å². The average molecular weight is 480 g/mol. The predicted octanol–water partition coefficient (Wildman–Crippen LogP) is 7.38. The first-order chi connectivity index (χ1) is 17.6. The number of nitrogens with zero attached hydrogens (tertiary/aromatic N) is 1. The number of rotatable bonds is 7. The fourth-order valence-corrected chi connectivity index (χ4v) is 5.14. The van der Waals surface area contributed by atoms with Gasteiger partial charge in [-0.2, -0.15) is 0 Å². The van der Waals surface area contributed by atoms with Crippen molar-refractivity contribution in [3.8, 4) is 16.9 Å². The molecule has 0 spiro atoms. The number of allylic oxidation sites excluding steroid dienone is 1. The topological polar surface area (TPSA) is 42.7 Å². The van der Waals surface area contributed by atoms with Gasteiger partial charge in [-0.25, -0.2) is 0 Å². The quantitative estimate of drug-likeness (QED) is 0.260. The fourth-order valence-electron chi connectivity index (χ4n) is 5.14. The molecule has 0 saturated carbocycles. The normalized spacial score (nSPS) is 14.8. The van der Waals surface area contributed by atoms with Gasteiger partial charge in [0.1, 0.15) is 11.3 Å². The molecule has 1 aliphatic rings. The van der Waals surface area contributed by atoms with Crippen LogP contribution >= 0.6 is 0 Å². The molecule has 184 valence electrons. The Kier molecular flexibility index (Phi) is 7.22. The smallest absolute Gasteiger partial charge is 0.246 e. The molecule has 5 rings (SSSR count). The largest absolute Gasteiger partial charge is 0.493 e. The van der Waals surface area contributed by atoms with Crippen molar-refractivity contribution >= 4 is 22.4 Å². The molecule has 3 aromatic carbocycles. The van der Waals surface area contributed by atoms with E-state index in [9.17, 15) is 4.79 Å². The summed E-state index contributed by atoms with van der Waals surface area (Å²) >= 11 is 0. The molecular formula is C32H33NO3. The third-order valence-corrected chi connectivity index (χ3v) is 7.12. The van der Waals surface area contributed by atoms with E-state index in [1.54, 1.807) is 12.3 Å². The summed E-state index contributed by atoms with van der Waals surface area (Å²) in [6.07, 6.45) is 6.73. The number of hydrogen-bond acceptors (Lipinski definition) is 3. The number of benzene rings is 3. The Balaban J connectivity index is 1.35. The summed E-state index contributed by atoms with van der Waals surface area (Å²) in [5.74, 6) is 1.44. The molecule has 1 aromatic heterocycles. The van der Waals surface area contributed by atoms with Crippen LogP contribution < -0.4 is 4.74 Å². The molecule has 0 unspecified atom stereocenters. The van der Waals surface area contributed by atoms with E-state index < -0.39 is 0 Å². The van der Waals surface area contributed by atoms with E-state index >= 15 is 0 Å². The Morgan fingerprint density at radius 3 is 2.42 bits per heavy atom. The van der Waals surface area contributed by atoms with Crippen molar-refractivity contribution in [1.82, 2.24) is 4.90 Å². The van der Waals surface area contributed by atoms with Crippen molar-refractivity contribution in [1.29, 1.82) is 0 Å². The zero-order valence-electron chi connectivity index (χ0n) is 21.1. The van der Waals surface area contributed by atoms with Gasteiger partial charge in [0, 0.05) is 41.7 Å². The monoisotopic (exact) mass is 479 g/mol. The van der Waals surface area contributed by atoms with E-state index in [1.807, 2.05) is 43.0 Å². The van der Waals surface area contributed by atoms with Crippen molar-refractivity contribution in [2.24, 2.45) is 5.92 Å². The lowest BCUT2D eigenvalue weighted by Crippen LogP contribution is -2.38. The van der Waals surface area contributed by atoms with Gasteiger partial charge < -0.3 is 14.1 Å². The van der Waals surface area contributed by atoms with Gasteiger partial charge >= 0.3 is 0 Å². The van der Waals surface area contributed by atoms with Gasteiger partial charge in [0.15, 0.2) is 0 Å². The number of piperidine rings is 1. The molecular weight excluding hydrogens is 446 g/mol.